The van der Waals surface area contributed by atoms with Gasteiger partial charge in [0.1, 0.15) is 5.75 Å². The molecule has 0 saturated carbocycles. The Morgan fingerprint density at radius 1 is 1.38 bits per heavy atom. The Kier molecular flexibility index (Phi) is 5.01. The third kappa shape index (κ3) is 3.51. The molecule has 1 N–H and O–H groups in total. The molecule has 0 aliphatic carbocycles. The van der Waals surface area contributed by atoms with Crippen LogP contribution in [0.4, 0.5) is 0 Å². The van der Waals surface area contributed by atoms with Gasteiger partial charge >= 0.3 is 0 Å². The molecular formula is C16H22ClNO3. The van der Waals surface area contributed by atoms with E-state index >= 15 is 0 Å². The molecule has 1 fully saturated rings. The monoisotopic (exact) mass is 311 g/mol. The first kappa shape index (κ1) is 15.1. The largest absolute Gasteiger partial charge is 0.467 e. The van der Waals surface area contributed by atoms with E-state index in [1.54, 1.807) is 0 Å². The Morgan fingerprint density at radius 2 is 2.29 bits per heavy atom. The van der Waals surface area contributed by atoms with Crippen molar-refractivity contribution in [2.24, 2.45) is 0 Å². The number of hydrogen-bond donors (Lipinski definition) is 1. The molecule has 1 saturated heterocycles. The topological polar surface area (TPSA) is 41.9 Å². The van der Waals surface area contributed by atoms with Gasteiger partial charge in [0.05, 0.1) is 6.61 Å². The third-order valence-electron chi connectivity index (χ3n) is 4.32. The molecule has 0 radical (unpaired) electrons. The Bertz CT molecular complexity index is 495. The normalized spacial score (nSPS) is 22.1. The summed E-state index contributed by atoms with van der Waals surface area (Å²) in [5.41, 5.74) is 2.19. The quantitative estimate of drug-likeness (QED) is 0.908. The maximum atomic E-state index is 9.03. The van der Waals surface area contributed by atoms with Crippen molar-refractivity contribution in [3.63, 3.8) is 0 Å². The highest BCUT2D eigenvalue weighted by Crippen LogP contribution is 2.34. The number of ether oxygens (including phenoxy) is 2. The van der Waals surface area contributed by atoms with Gasteiger partial charge in [0.15, 0.2) is 6.79 Å². The molecule has 116 valence electrons. The van der Waals surface area contributed by atoms with Crippen molar-refractivity contribution in [1.82, 2.24) is 4.90 Å². The first-order valence-corrected chi connectivity index (χ1v) is 8.02. The van der Waals surface area contributed by atoms with Crippen molar-refractivity contribution in [3.05, 3.63) is 28.3 Å². The van der Waals surface area contributed by atoms with Gasteiger partial charge in [-0.1, -0.05) is 11.6 Å². The van der Waals surface area contributed by atoms with E-state index in [0.717, 1.165) is 47.8 Å². The van der Waals surface area contributed by atoms with E-state index in [1.807, 2.05) is 12.1 Å². The number of likely N-dealkylation sites (tertiary alicyclic amines) is 1. The second-order valence-corrected chi connectivity index (χ2v) is 6.23. The maximum absolute atomic E-state index is 9.03. The van der Waals surface area contributed by atoms with E-state index < -0.39 is 0 Å². The molecule has 0 bridgehead atoms. The number of halogens is 1. The minimum Gasteiger partial charge on any atom is -0.467 e. The lowest BCUT2D eigenvalue weighted by atomic mass is 10.1. The van der Waals surface area contributed by atoms with Crippen LogP contribution in [0.25, 0.3) is 0 Å². The lowest BCUT2D eigenvalue weighted by Crippen LogP contribution is -2.29. The van der Waals surface area contributed by atoms with Gasteiger partial charge < -0.3 is 14.6 Å². The number of benzene rings is 1. The molecule has 2 heterocycles. The summed E-state index contributed by atoms with van der Waals surface area (Å²) in [6.45, 7) is 3.12. The number of aliphatic hydroxyl groups is 1. The van der Waals surface area contributed by atoms with E-state index in [0.29, 0.717) is 19.4 Å². The van der Waals surface area contributed by atoms with E-state index in [9.17, 15) is 0 Å². The van der Waals surface area contributed by atoms with Crippen LogP contribution in [-0.2, 0) is 17.9 Å². The van der Waals surface area contributed by atoms with Crippen molar-refractivity contribution in [1.29, 1.82) is 0 Å². The van der Waals surface area contributed by atoms with Crippen molar-refractivity contribution < 1.29 is 14.6 Å². The van der Waals surface area contributed by atoms with Gasteiger partial charge in [-0.05, 0) is 44.4 Å². The summed E-state index contributed by atoms with van der Waals surface area (Å²) in [6, 6.07) is 4.49. The SMILES string of the molecule is OCCCC1CCCN1Cc1cc(Cl)cc2c1OCOC2. The molecule has 0 spiro atoms. The Hall–Kier alpha value is -0.810. The standard InChI is InChI=1S/C16H22ClNO3/c17-14-7-12(16-13(8-14)10-20-11-21-16)9-18-5-1-3-15(18)4-2-6-19/h7-8,15,19H,1-6,9-11H2. The number of rotatable bonds is 5. The van der Waals surface area contributed by atoms with Crippen LogP contribution in [0, 0.1) is 0 Å². The summed E-state index contributed by atoms with van der Waals surface area (Å²) >= 11 is 6.22. The highest BCUT2D eigenvalue weighted by molar-refractivity contribution is 6.30. The van der Waals surface area contributed by atoms with Crippen molar-refractivity contribution in [2.45, 2.75) is 44.9 Å². The van der Waals surface area contributed by atoms with Crippen molar-refractivity contribution in [3.8, 4) is 5.75 Å². The summed E-state index contributed by atoms with van der Waals surface area (Å²) in [5, 5.41) is 9.77. The zero-order chi connectivity index (χ0) is 14.7. The lowest BCUT2D eigenvalue weighted by molar-refractivity contribution is -0.0175. The highest BCUT2D eigenvalue weighted by Gasteiger charge is 2.26. The van der Waals surface area contributed by atoms with Crippen LogP contribution in [0.15, 0.2) is 12.1 Å². The predicted octanol–water partition coefficient (Wildman–Crippen LogP) is 2.94. The molecule has 1 aromatic rings. The van der Waals surface area contributed by atoms with Crippen LogP contribution in [0.3, 0.4) is 0 Å². The van der Waals surface area contributed by atoms with Crippen LogP contribution in [0.2, 0.25) is 5.02 Å². The van der Waals surface area contributed by atoms with Crippen LogP contribution >= 0.6 is 11.6 Å². The molecule has 5 heteroatoms. The number of nitrogens with zero attached hydrogens (tertiary/aromatic N) is 1. The number of hydrogen-bond acceptors (Lipinski definition) is 4. The highest BCUT2D eigenvalue weighted by atomic mass is 35.5. The Balaban J connectivity index is 1.76. The minimum atomic E-state index is 0.275. The van der Waals surface area contributed by atoms with Crippen molar-refractivity contribution >= 4 is 11.6 Å². The van der Waals surface area contributed by atoms with Gasteiger partial charge in [0, 0.05) is 35.3 Å². The fraction of sp³-hybridized carbons (Fsp3) is 0.625. The average molecular weight is 312 g/mol. The molecule has 21 heavy (non-hydrogen) atoms. The summed E-state index contributed by atoms with van der Waals surface area (Å²) in [7, 11) is 0. The predicted molar refractivity (Wildman–Crippen MR) is 81.5 cm³/mol. The summed E-state index contributed by atoms with van der Waals surface area (Å²) in [6.07, 6.45) is 4.37. The van der Waals surface area contributed by atoms with Gasteiger partial charge in [0.25, 0.3) is 0 Å². The van der Waals surface area contributed by atoms with Gasteiger partial charge in [-0.25, -0.2) is 0 Å². The molecular weight excluding hydrogens is 290 g/mol. The second kappa shape index (κ2) is 6.97. The second-order valence-electron chi connectivity index (χ2n) is 5.80. The van der Waals surface area contributed by atoms with Crippen LogP contribution in [0.5, 0.6) is 5.75 Å². The summed E-state index contributed by atoms with van der Waals surface area (Å²) < 4.78 is 11.0. The van der Waals surface area contributed by atoms with E-state index in [-0.39, 0.29) is 6.61 Å². The third-order valence-corrected chi connectivity index (χ3v) is 4.54. The average Bonchev–Trinajstić information content (AvgIpc) is 2.92. The first-order chi connectivity index (χ1) is 10.3. The summed E-state index contributed by atoms with van der Waals surface area (Å²) in [5.74, 6) is 0.943. The Labute approximate surface area is 130 Å². The molecule has 0 aromatic heterocycles. The zero-order valence-corrected chi connectivity index (χ0v) is 12.9. The van der Waals surface area contributed by atoms with Gasteiger partial charge in [0.2, 0.25) is 0 Å². The molecule has 0 amide bonds. The van der Waals surface area contributed by atoms with E-state index in [4.69, 9.17) is 26.2 Å². The number of aliphatic hydroxyl groups excluding tert-OH is 1. The molecule has 2 aliphatic rings. The lowest BCUT2D eigenvalue weighted by Gasteiger charge is -2.27. The van der Waals surface area contributed by atoms with Crippen LogP contribution < -0.4 is 4.74 Å². The van der Waals surface area contributed by atoms with Gasteiger partial charge in [-0.3, -0.25) is 4.90 Å². The maximum Gasteiger partial charge on any atom is 0.189 e. The zero-order valence-electron chi connectivity index (χ0n) is 12.2. The smallest absolute Gasteiger partial charge is 0.189 e. The van der Waals surface area contributed by atoms with Crippen LogP contribution in [-0.4, -0.2) is 36.0 Å². The molecule has 2 aliphatic heterocycles. The fourth-order valence-electron chi connectivity index (χ4n) is 3.35. The molecule has 1 atom stereocenters. The minimum absolute atomic E-state index is 0.275. The molecule has 1 aromatic carbocycles. The molecule has 1 unspecified atom stereocenters. The first-order valence-electron chi connectivity index (χ1n) is 7.64. The molecule has 3 rings (SSSR count). The van der Waals surface area contributed by atoms with Crippen LogP contribution in [0.1, 0.15) is 36.8 Å². The van der Waals surface area contributed by atoms with E-state index in [2.05, 4.69) is 4.90 Å². The van der Waals surface area contributed by atoms with Gasteiger partial charge in [-0.2, -0.15) is 0 Å². The van der Waals surface area contributed by atoms with E-state index in [1.165, 1.54) is 12.8 Å². The summed E-state index contributed by atoms with van der Waals surface area (Å²) in [4.78, 5) is 2.49. The Morgan fingerprint density at radius 3 is 3.14 bits per heavy atom. The van der Waals surface area contributed by atoms with Crippen molar-refractivity contribution in [2.75, 3.05) is 19.9 Å². The fourth-order valence-corrected chi connectivity index (χ4v) is 3.61. The molecule has 4 nitrogen and oxygen atoms in total. The number of fused-ring (bicyclic) bond motifs is 1. The van der Waals surface area contributed by atoms with Gasteiger partial charge in [-0.15, -0.1) is 0 Å².